The number of amides is 1. The van der Waals surface area contributed by atoms with Gasteiger partial charge in [0.1, 0.15) is 12.4 Å². The van der Waals surface area contributed by atoms with E-state index in [1.54, 1.807) is 83.8 Å². The summed E-state index contributed by atoms with van der Waals surface area (Å²) in [5.41, 5.74) is 2.01. The number of rotatable bonds is 6. The molecule has 0 radical (unpaired) electrons. The van der Waals surface area contributed by atoms with Crippen molar-refractivity contribution >= 4 is 75.1 Å². The Morgan fingerprint density at radius 3 is 2.24 bits per heavy atom. The van der Waals surface area contributed by atoms with E-state index in [0.29, 0.717) is 54.4 Å². The highest BCUT2D eigenvalue weighted by atomic mass is 35.5. The maximum atomic E-state index is 13.5. The molecule has 166 valence electrons. The average molecular weight is 516 g/mol. The Morgan fingerprint density at radius 2 is 1.58 bits per heavy atom. The lowest BCUT2D eigenvalue weighted by atomic mass is 10.1. The summed E-state index contributed by atoms with van der Waals surface area (Å²) >= 11 is 19.5. The maximum Gasteiger partial charge on any atom is 0.271 e. The van der Waals surface area contributed by atoms with Crippen molar-refractivity contribution in [2.45, 2.75) is 0 Å². The van der Waals surface area contributed by atoms with Crippen molar-refractivity contribution < 1.29 is 9.53 Å². The number of amidine groups is 1. The fourth-order valence-electron chi connectivity index (χ4n) is 3.05. The van der Waals surface area contributed by atoms with Crippen LogP contribution in [0.4, 0.5) is 11.4 Å². The normalized spacial score (nSPS) is 16.0. The van der Waals surface area contributed by atoms with E-state index in [2.05, 4.69) is 6.58 Å². The molecule has 0 spiro atoms. The molecule has 1 saturated heterocycles. The highest BCUT2D eigenvalue weighted by Crippen LogP contribution is 2.39. The summed E-state index contributed by atoms with van der Waals surface area (Å²) in [5.74, 6) is 0.381. The minimum Gasteiger partial charge on any atom is -0.489 e. The maximum absolute atomic E-state index is 13.5. The molecule has 0 aromatic heterocycles. The van der Waals surface area contributed by atoms with E-state index in [4.69, 9.17) is 44.5 Å². The molecular weight excluding hydrogens is 499 g/mol. The van der Waals surface area contributed by atoms with Gasteiger partial charge in [-0.05, 0) is 84.6 Å². The fourth-order valence-corrected chi connectivity index (χ4v) is 4.47. The molecule has 33 heavy (non-hydrogen) atoms. The van der Waals surface area contributed by atoms with Crippen LogP contribution in [0, 0.1) is 0 Å². The number of anilines is 1. The molecule has 1 amide bonds. The Balaban J connectivity index is 1.77. The van der Waals surface area contributed by atoms with Crippen molar-refractivity contribution in [2.24, 2.45) is 4.99 Å². The summed E-state index contributed by atoms with van der Waals surface area (Å²) in [6, 6.07) is 19.4. The molecular formula is C25H17Cl3N2O2S. The zero-order valence-corrected chi connectivity index (χ0v) is 20.3. The Hall–Kier alpha value is -2.70. The molecule has 0 N–H and O–H groups in total. The monoisotopic (exact) mass is 514 g/mol. The number of thioether (sulfide) groups is 1. The van der Waals surface area contributed by atoms with Crippen LogP contribution < -0.4 is 9.64 Å². The van der Waals surface area contributed by atoms with Crippen LogP contribution in [0.1, 0.15) is 5.56 Å². The molecule has 1 fully saturated rings. The van der Waals surface area contributed by atoms with Crippen molar-refractivity contribution in [2.75, 3.05) is 11.5 Å². The van der Waals surface area contributed by atoms with Gasteiger partial charge in [-0.3, -0.25) is 9.69 Å². The third kappa shape index (κ3) is 5.63. The molecule has 3 aromatic carbocycles. The molecule has 4 rings (SSSR count). The summed E-state index contributed by atoms with van der Waals surface area (Å²) in [6.45, 7) is 4.01. The number of carbonyl (C=O) groups excluding carboxylic acids is 1. The number of ether oxygens (including phenoxy) is 1. The van der Waals surface area contributed by atoms with E-state index < -0.39 is 0 Å². The number of nitrogens with zero attached hydrogens (tertiary/aromatic N) is 2. The minimum atomic E-state index is -0.218. The molecule has 0 atom stereocenters. The van der Waals surface area contributed by atoms with Gasteiger partial charge in [-0.1, -0.05) is 47.5 Å². The quantitative estimate of drug-likeness (QED) is 0.246. The van der Waals surface area contributed by atoms with Crippen molar-refractivity contribution in [1.29, 1.82) is 0 Å². The van der Waals surface area contributed by atoms with Gasteiger partial charge >= 0.3 is 0 Å². The van der Waals surface area contributed by atoms with Crippen LogP contribution in [0.15, 0.2) is 89.3 Å². The summed E-state index contributed by atoms with van der Waals surface area (Å²) in [6.07, 6.45) is 3.41. The van der Waals surface area contributed by atoms with Crippen LogP contribution in [0.2, 0.25) is 15.1 Å². The first-order valence-electron chi connectivity index (χ1n) is 9.81. The summed E-state index contributed by atoms with van der Waals surface area (Å²) in [7, 11) is 0. The zero-order chi connectivity index (χ0) is 23.4. The average Bonchev–Trinajstić information content (AvgIpc) is 3.10. The van der Waals surface area contributed by atoms with Gasteiger partial charge in [0.15, 0.2) is 5.17 Å². The van der Waals surface area contributed by atoms with Crippen LogP contribution in [-0.2, 0) is 4.79 Å². The smallest absolute Gasteiger partial charge is 0.271 e. The van der Waals surface area contributed by atoms with E-state index in [1.165, 1.54) is 11.8 Å². The van der Waals surface area contributed by atoms with Crippen LogP contribution in [0.5, 0.6) is 5.75 Å². The number of hydrogen-bond acceptors (Lipinski definition) is 4. The SMILES string of the molecule is C=CCOc1ccc(Cl)cc1/C=C1\SC(=Nc2ccc(Cl)cc2)N(c2ccc(Cl)cc2)C1=O. The molecule has 0 aliphatic carbocycles. The molecule has 0 saturated carbocycles. The lowest BCUT2D eigenvalue weighted by molar-refractivity contribution is -0.113. The van der Waals surface area contributed by atoms with Gasteiger partial charge in [0.05, 0.1) is 16.3 Å². The van der Waals surface area contributed by atoms with E-state index in [9.17, 15) is 4.79 Å². The summed E-state index contributed by atoms with van der Waals surface area (Å²) in [5, 5.41) is 2.23. The Morgan fingerprint density at radius 1 is 0.939 bits per heavy atom. The number of hydrogen-bond donors (Lipinski definition) is 0. The van der Waals surface area contributed by atoms with Crippen LogP contribution >= 0.6 is 46.6 Å². The van der Waals surface area contributed by atoms with E-state index >= 15 is 0 Å². The molecule has 0 bridgehead atoms. The lowest BCUT2D eigenvalue weighted by Gasteiger charge is -2.15. The van der Waals surface area contributed by atoms with Crippen molar-refractivity contribution in [1.82, 2.24) is 0 Å². The Kier molecular flexibility index (Phi) is 7.46. The fraction of sp³-hybridized carbons (Fsp3) is 0.0400. The standard InChI is InChI=1S/C25H17Cl3N2O2S/c1-2-13-32-22-12-7-19(28)14-16(22)15-23-24(31)30(21-10-5-18(27)6-11-21)25(33-23)29-20-8-3-17(26)4-9-20/h2-12,14-15H,1,13H2/b23-15-,29-25?. The molecule has 1 aliphatic heterocycles. The summed E-state index contributed by atoms with van der Waals surface area (Å²) < 4.78 is 5.73. The van der Waals surface area contributed by atoms with Crippen molar-refractivity contribution in [3.63, 3.8) is 0 Å². The largest absolute Gasteiger partial charge is 0.489 e. The molecule has 0 unspecified atom stereocenters. The molecule has 1 heterocycles. The first kappa shape index (κ1) is 23.5. The third-order valence-corrected chi connectivity index (χ3v) is 6.27. The minimum absolute atomic E-state index is 0.218. The summed E-state index contributed by atoms with van der Waals surface area (Å²) in [4.78, 5) is 20.2. The lowest BCUT2D eigenvalue weighted by Crippen LogP contribution is -2.28. The molecule has 8 heteroatoms. The molecule has 4 nitrogen and oxygen atoms in total. The van der Waals surface area contributed by atoms with Gasteiger partial charge in [-0.2, -0.15) is 0 Å². The number of halogens is 3. The van der Waals surface area contributed by atoms with E-state index in [1.807, 2.05) is 0 Å². The van der Waals surface area contributed by atoms with Gasteiger partial charge < -0.3 is 4.74 Å². The predicted octanol–water partition coefficient (Wildman–Crippen LogP) is 8.02. The number of benzene rings is 3. The topological polar surface area (TPSA) is 41.9 Å². The van der Waals surface area contributed by atoms with Crippen molar-refractivity contribution in [3.8, 4) is 5.75 Å². The Labute approximate surface area is 211 Å². The van der Waals surface area contributed by atoms with Gasteiger partial charge in [0, 0.05) is 20.6 Å². The molecule has 1 aliphatic rings. The van der Waals surface area contributed by atoms with Gasteiger partial charge in [0.2, 0.25) is 0 Å². The highest BCUT2D eigenvalue weighted by molar-refractivity contribution is 8.19. The second-order valence-corrected chi connectivity index (χ2v) is 9.20. The second kappa shape index (κ2) is 10.5. The highest BCUT2D eigenvalue weighted by Gasteiger charge is 2.35. The van der Waals surface area contributed by atoms with Gasteiger partial charge in [-0.25, -0.2) is 4.99 Å². The van der Waals surface area contributed by atoms with Gasteiger partial charge in [-0.15, -0.1) is 0 Å². The zero-order valence-electron chi connectivity index (χ0n) is 17.2. The van der Waals surface area contributed by atoms with Crippen LogP contribution in [0.25, 0.3) is 6.08 Å². The van der Waals surface area contributed by atoms with E-state index in [0.717, 1.165) is 0 Å². The van der Waals surface area contributed by atoms with Gasteiger partial charge in [0.25, 0.3) is 5.91 Å². The first-order valence-corrected chi connectivity index (χ1v) is 11.8. The van der Waals surface area contributed by atoms with Crippen LogP contribution in [0.3, 0.4) is 0 Å². The number of carbonyl (C=O) groups is 1. The van der Waals surface area contributed by atoms with E-state index in [-0.39, 0.29) is 5.91 Å². The molecule has 3 aromatic rings. The Bertz CT molecular complexity index is 1260. The predicted molar refractivity (Wildman–Crippen MR) is 140 cm³/mol. The number of aliphatic imine (C=N–C) groups is 1. The van der Waals surface area contributed by atoms with Crippen LogP contribution in [-0.4, -0.2) is 17.7 Å². The first-order chi connectivity index (χ1) is 15.9. The van der Waals surface area contributed by atoms with Crippen molar-refractivity contribution in [3.05, 3.63) is 105 Å². The second-order valence-electron chi connectivity index (χ2n) is 6.88. The third-order valence-electron chi connectivity index (χ3n) is 4.56.